The summed E-state index contributed by atoms with van der Waals surface area (Å²) in [6.07, 6.45) is 4.31. The molecule has 1 amide bonds. The number of aromatic amines is 1. The molecule has 21 heavy (non-hydrogen) atoms. The highest BCUT2D eigenvalue weighted by molar-refractivity contribution is 7.09. The highest BCUT2D eigenvalue weighted by Gasteiger charge is 2.17. The van der Waals surface area contributed by atoms with Crippen LogP contribution >= 0.6 is 11.3 Å². The number of hydrogen-bond donors (Lipinski definition) is 2. The van der Waals surface area contributed by atoms with Crippen LogP contribution in [0, 0.1) is 6.92 Å². The largest absolute Gasteiger partial charge is 0.356 e. The minimum atomic E-state index is -0.349. The van der Waals surface area contributed by atoms with Crippen LogP contribution in [0.4, 0.5) is 0 Å². The van der Waals surface area contributed by atoms with Gasteiger partial charge in [-0.05, 0) is 25.8 Å². The molecule has 1 fully saturated rings. The molecule has 0 aromatic carbocycles. The summed E-state index contributed by atoms with van der Waals surface area (Å²) in [6, 6.07) is 1.76. The predicted octanol–water partition coefficient (Wildman–Crippen LogP) is 2.63. The van der Waals surface area contributed by atoms with Crippen molar-refractivity contribution in [2.24, 2.45) is 0 Å². The molecule has 0 unspecified atom stereocenters. The highest BCUT2D eigenvalue weighted by atomic mass is 32.1. The molecule has 112 valence electrons. The maximum Gasteiger partial charge on any atom is 0.291 e. The maximum absolute atomic E-state index is 12.0. The molecule has 0 radical (unpaired) electrons. The Hall–Kier alpha value is -1.70. The summed E-state index contributed by atoms with van der Waals surface area (Å²) in [5.41, 5.74) is 4.61. The van der Waals surface area contributed by atoms with Crippen LogP contribution in [0.15, 0.2) is 17.6 Å². The standard InChI is InChI=1S/C14H17N3O3S/c1-9-16-12(8-21-9)10-6-11(15-7-10)14(18)17-20-13-4-2-3-5-19-13/h6-8,13,15H,2-5H2,1H3,(H,17,18)/t13-/m1/s1. The van der Waals surface area contributed by atoms with Gasteiger partial charge < -0.3 is 9.72 Å². The molecule has 3 heterocycles. The first-order chi connectivity index (χ1) is 10.2. The van der Waals surface area contributed by atoms with Crippen molar-refractivity contribution in [2.75, 3.05) is 6.61 Å². The molecule has 0 bridgehead atoms. The number of aryl methyl sites for hydroxylation is 1. The van der Waals surface area contributed by atoms with E-state index in [0.717, 1.165) is 35.5 Å². The van der Waals surface area contributed by atoms with E-state index in [4.69, 9.17) is 9.57 Å². The third-order valence-electron chi connectivity index (χ3n) is 3.26. The van der Waals surface area contributed by atoms with Gasteiger partial charge in [-0.3, -0.25) is 4.79 Å². The van der Waals surface area contributed by atoms with Crippen LogP contribution in [-0.2, 0) is 9.57 Å². The zero-order chi connectivity index (χ0) is 14.7. The van der Waals surface area contributed by atoms with Crippen LogP contribution in [0.2, 0.25) is 0 Å². The van der Waals surface area contributed by atoms with E-state index in [9.17, 15) is 4.79 Å². The summed E-state index contributed by atoms with van der Waals surface area (Å²) < 4.78 is 5.39. The van der Waals surface area contributed by atoms with Crippen LogP contribution in [0.1, 0.15) is 34.8 Å². The predicted molar refractivity (Wildman–Crippen MR) is 78.8 cm³/mol. The van der Waals surface area contributed by atoms with Crippen molar-refractivity contribution in [3.63, 3.8) is 0 Å². The van der Waals surface area contributed by atoms with E-state index in [1.165, 1.54) is 0 Å². The quantitative estimate of drug-likeness (QED) is 0.851. The van der Waals surface area contributed by atoms with Gasteiger partial charge in [0.1, 0.15) is 5.69 Å². The summed E-state index contributed by atoms with van der Waals surface area (Å²) in [5, 5.41) is 2.96. The van der Waals surface area contributed by atoms with Gasteiger partial charge in [0.15, 0.2) is 6.29 Å². The number of aromatic nitrogens is 2. The molecule has 0 aliphatic carbocycles. The van der Waals surface area contributed by atoms with Crippen molar-refractivity contribution in [1.82, 2.24) is 15.4 Å². The van der Waals surface area contributed by atoms with Crippen molar-refractivity contribution >= 4 is 17.2 Å². The fourth-order valence-corrected chi connectivity index (χ4v) is 2.77. The number of thiazole rings is 1. The second-order valence-electron chi connectivity index (χ2n) is 4.90. The lowest BCUT2D eigenvalue weighted by Gasteiger charge is -2.21. The normalized spacial score (nSPS) is 18.6. The number of hydroxylamine groups is 1. The molecule has 1 atom stereocenters. The van der Waals surface area contributed by atoms with Gasteiger partial charge in [0.25, 0.3) is 5.91 Å². The number of nitrogens with one attached hydrogen (secondary N) is 2. The van der Waals surface area contributed by atoms with Crippen molar-refractivity contribution in [2.45, 2.75) is 32.5 Å². The Labute approximate surface area is 126 Å². The fraction of sp³-hybridized carbons (Fsp3) is 0.429. The molecular formula is C14H17N3O3S. The van der Waals surface area contributed by atoms with E-state index in [2.05, 4.69) is 15.4 Å². The van der Waals surface area contributed by atoms with E-state index in [1.54, 1.807) is 23.6 Å². The minimum absolute atomic E-state index is 0.317. The maximum atomic E-state index is 12.0. The molecule has 3 rings (SSSR count). The third kappa shape index (κ3) is 3.49. The Balaban J connectivity index is 1.59. The monoisotopic (exact) mass is 307 g/mol. The fourth-order valence-electron chi connectivity index (χ4n) is 2.15. The van der Waals surface area contributed by atoms with E-state index >= 15 is 0 Å². The zero-order valence-corrected chi connectivity index (χ0v) is 12.5. The van der Waals surface area contributed by atoms with Crippen molar-refractivity contribution in [3.8, 4) is 11.3 Å². The molecule has 2 N–H and O–H groups in total. The first-order valence-electron chi connectivity index (χ1n) is 6.91. The number of nitrogens with zero attached hydrogens (tertiary/aromatic N) is 1. The number of ether oxygens (including phenoxy) is 1. The number of carbonyl (C=O) groups excluding carboxylic acids is 1. The van der Waals surface area contributed by atoms with E-state index in [0.29, 0.717) is 12.3 Å². The lowest BCUT2D eigenvalue weighted by molar-refractivity contribution is -0.186. The Bertz CT molecular complexity index is 617. The van der Waals surface area contributed by atoms with E-state index < -0.39 is 0 Å². The Morgan fingerprint density at radius 3 is 3.19 bits per heavy atom. The van der Waals surface area contributed by atoms with Crippen LogP contribution < -0.4 is 5.48 Å². The first-order valence-corrected chi connectivity index (χ1v) is 7.79. The molecule has 1 saturated heterocycles. The molecule has 7 heteroatoms. The molecular weight excluding hydrogens is 290 g/mol. The Kier molecular flexibility index (Phi) is 4.33. The second-order valence-corrected chi connectivity index (χ2v) is 5.96. The summed E-state index contributed by atoms with van der Waals surface area (Å²) in [5.74, 6) is -0.317. The van der Waals surface area contributed by atoms with Crippen LogP contribution in [0.3, 0.4) is 0 Å². The molecule has 0 saturated carbocycles. The van der Waals surface area contributed by atoms with Gasteiger partial charge in [0.2, 0.25) is 0 Å². The van der Waals surface area contributed by atoms with Crippen LogP contribution in [0.5, 0.6) is 0 Å². The van der Waals surface area contributed by atoms with Crippen molar-refractivity contribution in [3.05, 3.63) is 28.3 Å². The summed E-state index contributed by atoms with van der Waals surface area (Å²) in [6.45, 7) is 2.63. The minimum Gasteiger partial charge on any atom is -0.356 e. The van der Waals surface area contributed by atoms with Gasteiger partial charge in [-0.25, -0.2) is 15.3 Å². The second kappa shape index (κ2) is 6.38. The molecule has 1 aliphatic rings. The van der Waals surface area contributed by atoms with E-state index in [-0.39, 0.29) is 12.2 Å². The zero-order valence-electron chi connectivity index (χ0n) is 11.7. The van der Waals surface area contributed by atoms with Crippen molar-refractivity contribution < 1.29 is 14.4 Å². The SMILES string of the molecule is Cc1nc(-c2c[nH]c(C(=O)NO[C@@H]3CCCCO3)c2)cs1. The molecule has 6 nitrogen and oxygen atoms in total. The number of H-pyrrole nitrogens is 1. The molecule has 2 aromatic heterocycles. The Morgan fingerprint density at radius 2 is 2.48 bits per heavy atom. The lowest BCUT2D eigenvalue weighted by Crippen LogP contribution is -2.33. The van der Waals surface area contributed by atoms with Crippen LogP contribution in [0.25, 0.3) is 11.3 Å². The lowest BCUT2D eigenvalue weighted by atomic mass is 10.2. The molecule has 0 spiro atoms. The van der Waals surface area contributed by atoms with Gasteiger partial charge in [-0.2, -0.15) is 0 Å². The number of hydrogen-bond acceptors (Lipinski definition) is 5. The van der Waals surface area contributed by atoms with Crippen molar-refractivity contribution in [1.29, 1.82) is 0 Å². The van der Waals surface area contributed by atoms with Crippen LogP contribution in [-0.4, -0.2) is 28.8 Å². The van der Waals surface area contributed by atoms with Gasteiger partial charge >= 0.3 is 0 Å². The summed E-state index contributed by atoms with van der Waals surface area (Å²) in [4.78, 5) is 24.6. The average molecular weight is 307 g/mol. The first kappa shape index (κ1) is 14.2. The third-order valence-corrected chi connectivity index (χ3v) is 4.04. The topological polar surface area (TPSA) is 76.2 Å². The van der Waals surface area contributed by atoms with Gasteiger partial charge in [-0.1, -0.05) is 0 Å². The summed E-state index contributed by atoms with van der Waals surface area (Å²) >= 11 is 1.58. The number of carbonyl (C=O) groups is 1. The number of rotatable bonds is 4. The van der Waals surface area contributed by atoms with Gasteiger partial charge in [0, 0.05) is 30.2 Å². The Morgan fingerprint density at radius 1 is 1.57 bits per heavy atom. The summed E-state index contributed by atoms with van der Waals surface area (Å²) in [7, 11) is 0. The van der Waals surface area contributed by atoms with E-state index in [1.807, 2.05) is 12.3 Å². The van der Waals surface area contributed by atoms with Gasteiger partial charge in [-0.15, -0.1) is 11.3 Å². The molecule has 2 aromatic rings. The molecule has 1 aliphatic heterocycles. The number of amides is 1. The smallest absolute Gasteiger partial charge is 0.291 e. The average Bonchev–Trinajstić information content (AvgIpc) is 3.14. The van der Waals surface area contributed by atoms with Gasteiger partial charge in [0.05, 0.1) is 10.7 Å². The highest BCUT2D eigenvalue weighted by Crippen LogP contribution is 2.22.